The maximum absolute atomic E-state index is 13.3. The molecule has 0 aliphatic rings. The second-order valence-electron chi connectivity index (χ2n) is 6.29. The molecule has 0 saturated carbocycles. The average Bonchev–Trinajstić information content (AvgIpc) is 2.68. The lowest BCUT2D eigenvalue weighted by atomic mass is 9.98. The van der Waals surface area contributed by atoms with Gasteiger partial charge in [-0.2, -0.15) is 0 Å². The minimum absolute atomic E-state index is 0.453. The van der Waals surface area contributed by atoms with Crippen molar-refractivity contribution in [1.29, 1.82) is 0 Å². The van der Waals surface area contributed by atoms with E-state index in [1.807, 2.05) is 12.1 Å². The molecule has 0 atom stereocenters. The van der Waals surface area contributed by atoms with Crippen LogP contribution in [0.3, 0.4) is 0 Å². The molecule has 0 spiro atoms. The Kier molecular flexibility index (Phi) is 4.14. The summed E-state index contributed by atoms with van der Waals surface area (Å²) in [6.45, 7) is 2.15. The highest BCUT2D eigenvalue weighted by Crippen LogP contribution is 2.27. The van der Waals surface area contributed by atoms with Crippen molar-refractivity contribution >= 4 is 21.5 Å². The third kappa shape index (κ3) is 3.05. The summed E-state index contributed by atoms with van der Waals surface area (Å²) in [6.07, 6.45) is 1.02. The molecule has 4 rings (SSSR count). The zero-order valence-corrected chi connectivity index (χ0v) is 14.3. The number of hydrogen-bond donors (Lipinski definition) is 0. The van der Waals surface area contributed by atoms with Crippen molar-refractivity contribution in [3.8, 4) is 11.8 Å². The molecule has 0 aliphatic carbocycles. The van der Waals surface area contributed by atoms with Gasteiger partial charge in [-0.05, 0) is 63.9 Å². The summed E-state index contributed by atoms with van der Waals surface area (Å²) in [5.41, 5.74) is 2.62. The van der Waals surface area contributed by atoms with Crippen LogP contribution in [0, 0.1) is 23.5 Å². The van der Waals surface area contributed by atoms with Gasteiger partial charge in [0.25, 0.3) is 0 Å². The van der Waals surface area contributed by atoms with Crippen LogP contribution in [-0.4, -0.2) is 0 Å². The number of rotatable bonds is 1. The van der Waals surface area contributed by atoms with E-state index in [2.05, 4.69) is 55.2 Å². The van der Waals surface area contributed by atoms with Gasteiger partial charge in [-0.15, -0.1) is 0 Å². The summed E-state index contributed by atoms with van der Waals surface area (Å²) in [4.78, 5) is 0. The van der Waals surface area contributed by atoms with Crippen molar-refractivity contribution in [1.82, 2.24) is 0 Å². The van der Waals surface area contributed by atoms with E-state index >= 15 is 0 Å². The van der Waals surface area contributed by atoms with Gasteiger partial charge in [0, 0.05) is 11.1 Å². The van der Waals surface area contributed by atoms with Crippen LogP contribution in [0.25, 0.3) is 21.5 Å². The molecule has 2 heteroatoms. The zero-order valence-electron chi connectivity index (χ0n) is 14.3. The average molecular weight is 342 g/mol. The summed E-state index contributed by atoms with van der Waals surface area (Å²) < 4.78 is 26.3. The van der Waals surface area contributed by atoms with Crippen LogP contribution in [0.5, 0.6) is 0 Å². The molecule has 0 saturated heterocycles. The SMILES string of the molecule is CCc1ccc2c(ccc3cc(C#Cc4ccc(F)c(F)c4)ccc32)c1. The maximum Gasteiger partial charge on any atom is 0.160 e. The quantitative estimate of drug-likeness (QED) is 0.284. The monoisotopic (exact) mass is 342 g/mol. The third-order valence-electron chi connectivity index (χ3n) is 4.58. The topological polar surface area (TPSA) is 0 Å². The van der Waals surface area contributed by atoms with E-state index in [1.165, 1.54) is 27.8 Å². The smallest absolute Gasteiger partial charge is 0.160 e. The van der Waals surface area contributed by atoms with E-state index in [9.17, 15) is 8.78 Å². The van der Waals surface area contributed by atoms with Crippen LogP contribution in [-0.2, 0) is 6.42 Å². The van der Waals surface area contributed by atoms with E-state index < -0.39 is 11.6 Å². The molecule has 4 aromatic rings. The van der Waals surface area contributed by atoms with Gasteiger partial charge in [-0.1, -0.05) is 55.2 Å². The molecule has 0 nitrogen and oxygen atoms in total. The summed E-state index contributed by atoms with van der Waals surface area (Å²) >= 11 is 0. The Morgan fingerprint density at radius 3 is 1.96 bits per heavy atom. The molecule has 0 amide bonds. The molecule has 0 aromatic heterocycles. The van der Waals surface area contributed by atoms with Crippen LogP contribution in [0.2, 0.25) is 0 Å². The van der Waals surface area contributed by atoms with E-state index in [0.29, 0.717) is 5.56 Å². The minimum Gasteiger partial charge on any atom is -0.204 e. The molecule has 0 bridgehead atoms. The molecular weight excluding hydrogens is 326 g/mol. The highest BCUT2D eigenvalue weighted by molar-refractivity contribution is 6.07. The first-order chi connectivity index (χ1) is 12.6. The fraction of sp³-hybridized carbons (Fsp3) is 0.0833. The number of benzene rings is 4. The highest BCUT2D eigenvalue weighted by atomic mass is 19.2. The highest BCUT2D eigenvalue weighted by Gasteiger charge is 2.03. The van der Waals surface area contributed by atoms with Crippen molar-refractivity contribution in [2.24, 2.45) is 0 Å². The summed E-state index contributed by atoms with van der Waals surface area (Å²) in [7, 11) is 0. The molecular formula is C24H16F2. The van der Waals surface area contributed by atoms with Gasteiger partial charge in [0.15, 0.2) is 11.6 Å². The largest absolute Gasteiger partial charge is 0.204 e. The first kappa shape index (κ1) is 16.3. The predicted molar refractivity (Wildman–Crippen MR) is 103 cm³/mol. The molecule has 0 heterocycles. The van der Waals surface area contributed by atoms with Gasteiger partial charge in [0.1, 0.15) is 0 Å². The van der Waals surface area contributed by atoms with Crippen LogP contribution in [0.1, 0.15) is 23.6 Å². The second kappa shape index (κ2) is 6.61. The number of halogens is 2. The molecule has 126 valence electrons. The number of fused-ring (bicyclic) bond motifs is 3. The van der Waals surface area contributed by atoms with E-state index in [1.54, 1.807) is 0 Å². The fourth-order valence-corrected chi connectivity index (χ4v) is 3.14. The summed E-state index contributed by atoms with van der Waals surface area (Å²) in [6, 6.07) is 20.5. The van der Waals surface area contributed by atoms with Gasteiger partial charge in [-0.25, -0.2) is 8.78 Å². The lowest BCUT2D eigenvalue weighted by Gasteiger charge is -2.06. The number of aryl methyl sites for hydroxylation is 1. The molecule has 0 fully saturated rings. The molecule has 26 heavy (non-hydrogen) atoms. The standard InChI is InChI=1S/C24H16F2/c1-2-16-5-10-21-19(13-16)8-9-20-14-17(6-11-22(20)21)3-4-18-7-12-23(25)24(26)15-18/h5-15H,2H2,1H3. The second-order valence-corrected chi connectivity index (χ2v) is 6.29. The third-order valence-corrected chi connectivity index (χ3v) is 4.58. The number of hydrogen-bond acceptors (Lipinski definition) is 0. The van der Waals surface area contributed by atoms with E-state index in [0.717, 1.165) is 29.5 Å². The van der Waals surface area contributed by atoms with Gasteiger partial charge >= 0.3 is 0 Å². The summed E-state index contributed by atoms with van der Waals surface area (Å²) in [5.74, 6) is 4.17. The fourth-order valence-electron chi connectivity index (χ4n) is 3.14. The van der Waals surface area contributed by atoms with Crippen LogP contribution in [0.4, 0.5) is 8.78 Å². The lowest BCUT2D eigenvalue weighted by Crippen LogP contribution is -1.85. The molecule has 0 unspecified atom stereocenters. The Hall–Kier alpha value is -3.18. The molecule has 0 radical (unpaired) electrons. The van der Waals surface area contributed by atoms with Crippen molar-refractivity contribution in [2.75, 3.05) is 0 Å². The van der Waals surface area contributed by atoms with Crippen molar-refractivity contribution < 1.29 is 8.78 Å². The summed E-state index contributed by atoms with van der Waals surface area (Å²) in [5, 5.41) is 4.75. The van der Waals surface area contributed by atoms with Crippen LogP contribution >= 0.6 is 0 Å². The zero-order chi connectivity index (χ0) is 18.1. The van der Waals surface area contributed by atoms with Gasteiger partial charge in [0.05, 0.1) is 0 Å². The van der Waals surface area contributed by atoms with Crippen molar-refractivity contribution in [3.63, 3.8) is 0 Å². The van der Waals surface area contributed by atoms with Crippen LogP contribution < -0.4 is 0 Å². The van der Waals surface area contributed by atoms with Crippen molar-refractivity contribution in [2.45, 2.75) is 13.3 Å². The Bertz CT molecular complexity index is 1190. The van der Waals surface area contributed by atoms with Gasteiger partial charge in [-0.3, -0.25) is 0 Å². The van der Waals surface area contributed by atoms with Gasteiger partial charge < -0.3 is 0 Å². The van der Waals surface area contributed by atoms with Crippen molar-refractivity contribution in [3.05, 3.63) is 95.1 Å². The molecule has 4 aromatic carbocycles. The van der Waals surface area contributed by atoms with Gasteiger partial charge in [0.2, 0.25) is 0 Å². The Balaban J connectivity index is 1.75. The first-order valence-electron chi connectivity index (χ1n) is 8.56. The van der Waals surface area contributed by atoms with E-state index in [4.69, 9.17) is 0 Å². The van der Waals surface area contributed by atoms with Crippen LogP contribution in [0.15, 0.2) is 66.7 Å². The molecule has 0 N–H and O–H groups in total. The lowest BCUT2D eigenvalue weighted by molar-refractivity contribution is 0.508. The Labute approximate surface area is 151 Å². The Morgan fingerprint density at radius 1 is 0.654 bits per heavy atom. The first-order valence-corrected chi connectivity index (χ1v) is 8.56. The minimum atomic E-state index is -0.881. The van der Waals surface area contributed by atoms with E-state index in [-0.39, 0.29) is 0 Å². The predicted octanol–water partition coefficient (Wildman–Crippen LogP) is 6.23. The maximum atomic E-state index is 13.3. The normalized spacial score (nSPS) is 10.7. The Morgan fingerprint density at radius 2 is 1.27 bits per heavy atom. The molecule has 0 aliphatic heterocycles.